The minimum absolute atomic E-state index is 0.511. The number of hydrogen-bond donors (Lipinski definition) is 2. The normalized spacial score (nSPS) is 13.6. The fraction of sp³-hybridized carbons (Fsp3) is 0.643. The van der Waals surface area contributed by atoms with Gasteiger partial charge in [0.25, 0.3) is 0 Å². The van der Waals surface area contributed by atoms with E-state index in [1.807, 2.05) is 18.4 Å². The van der Waals surface area contributed by atoms with Crippen molar-refractivity contribution < 1.29 is 0 Å². The van der Waals surface area contributed by atoms with Crippen molar-refractivity contribution in [3.63, 3.8) is 0 Å². The molecule has 1 aromatic heterocycles. The van der Waals surface area contributed by atoms with E-state index in [0.717, 1.165) is 32.1 Å². The quantitative estimate of drug-likeness (QED) is 0.593. The SMILES string of the molecule is CCN(C)CCNC(=NC)NCC(C)c1cccs1. The Balaban J connectivity index is 2.25. The van der Waals surface area contributed by atoms with Gasteiger partial charge in [0, 0.05) is 37.5 Å². The summed E-state index contributed by atoms with van der Waals surface area (Å²) in [5.74, 6) is 1.39. The second kappa shape index (κ2) is 8.93. The highest BCUT2D eigenvalue weighted by molar-refractivity contribution is 7.10. The molecule has 1 unspecified atom stereocenters. The molecule has 0 aromatic carbocycles. The molecular weight excluding hydrogens is 256 g/mol. The highest BCUT2D eigenvalue weighted by atomic mass is 32.1. The smallest absolute Gasteiger partial charge is 0.191 e. The number of rotatable bonds is 7. The molecule has 0 amide bonds. The Morgan fingerprint density at radius 2 is 2.26 bits per heavy atom. The van der Waals surface area contributed by atoms with Gasteiger partial charge in [-0.15, -0.1) is 11.3 Å². The van der Waals surface area contributed by atoms with E-state index in [2.05, 4.69) is 58.9 Å². The molecule has 0 bridgehead atoms. The number of nitrogens with one attached hydrogen (secondary N) is 2. The molecule has 0 spiro atoms. The zero-order valence-corrected chi connectivity index (χ0v) is 13.3. The maximum atomic E-state index is 4.24. The second-order valence-corrected chi connectivity index (χ2v) is 5.67. The first-order chi connectivity index (χ1) is 9.17. The van der Waals surface area contributed by atoms with Gasteiger partial charge in [-0.05, 0) is 25.0 Å². The van der Waals surface area contributed by atoms with E-state index in [1.165, 1.54) is 4.88 Å². The number of thiophene rings is 1. The van der Waals surface area contributed by atoms with Crippen molar-refractivity contribution in [2.75, 3.05) is 40.3 Å². The van der Waals surface area contributed by atoms with Crippen molar-refractivity contribution in [2.45, 2.75) is 19.8 Å². The molecule has 0 aliphatic heterocycles. The van der Waals surface area contributed by atoms with Gasteiger partial charge in [-0.1, -0.05) is 19.9 Å². The Kier molecular flexibility index (Phi) is 7.52. The van der Waals surface area contributed by atoms with Crippen molar-refractivity contribution in [3.05, 3.63) is 22.4 Å². The van der Waals surface area contributed by atoms with Crippen molar-refractivity contribution in [2.24, 2.45) is 4.99 Å². The average molecular weight is 282 g/mol. The third-order valence-electron chi connectivity index (χ3n) is 3.15. The number of nitrogens with zero attached hydrogens (tertiary/aromatic N) is 2. The molecule has 0 saturated heterocycles. The first-order valence-corrected chi connectivity index (χ1v) is 7.71. The molecule has 1 rings (SSSR count). The maximum absolute atomic E-state index is 4.24. The standard InChI is InChI=1S/C14H26N4S/c1-5-18(4)9-8-16-14(15-3)17-11-12(2)13-7-6-10-19-13/h6-7,10,12H,5,8-9,11H2,1-4H3,(H2,15,16,17). The summed E-state index contributed by atoms with van der Waals surface area (Å²) in [6.07, 6.45) is 0. The third kappa shape index (κ3) is 6.07. The largest absolute Gasteiger partial charge is 0.356 e. The first kappa shape index (κ1) is 16.0. The van der Waals surface area contributed by atoms with E-state index < -0.39 is 0 Å². The van der Waals surface area contributed by atoms with Crippen LogP contribution in [0.1, 0.15) is 24.6 Å². The summed E-state index contributed by atoms with van der Waals surface area (Å²) in [6, 6.07) is 4.29. The highest BCUT2D eigenvalue weighted by Gasteiger charge is 2.07. The maximum Gasteiger partial charge on any atom is 0.191 e. The predicted octanol–water partition coefficient (Wildman–Crippen LogP) is 1.97. The Morgan fingerprint density at radius 3 is 2.84 bits per heavy atom. The highest BCUT2D eigenvalue weighted by Crippen LogP contribution is 2.19. The lowest BCUT2D eigenvalue weighted by Gasteiger charge is -2.17. The molecule has 1 aromatic rings. The molecule has 0 radical (unpaired) electrons. The lowest BCUT2D eigenvalue weighted by Crippen LogP contribution is -2.42. The Labute approximate surface area is 120 Å². The van der Waals surface area contributed by atoms with Gasteiger partial charge >= 0.3 is 0 Å². The summed E-state index contributed by atoms with van der Waals surface area (Å²) in [5.41, 5.74) is 0. The molecule has 4 nitrogen and oxygen atoms in total. The van der Waals surface area contributed by atoms with Gasteiger partial charge < -0.3 is 15.5 Å². The van der Waals surface area contributed by atoms with Crippen molar-refractivity contribution >= 4 is 17.3 Å². The minimum atomic E-state index is 0.511. The van der Waals surface area contributed by atoms with E-state index in [1.54, 1.807) is 0 Å². The van der Waals surface area contributed by atoms with E-state index in [-0.39, 0.29) is 0 Å². The zero-order valence-electron chi connectivity index (χ0n) is 12.4. The van der Waals surface area contributed by atoms with E-state index in [9.17, 15) is 0 Å². The summed E-state index contributed by atoms with van der Waals surface area (Å²) in [6.45, 7) is 8.31. The van der Waals surface area contributed by atoms with Gasteiger partial charge in [0.05, 0.1) is 0 Å². The van der Waals surface area contributed by atoms with Crippen LogP contribution >= 0.6 is 11.3 Å². The number of hydrogen-bond acceptors (Lipinski definition) is 3. The zero-order chi connectivity index (χ0) is 14.1. The van der Waals surface area contributed by atoms with Crippen molar-refractivity contribution in [1.29, 1.82) is 0 Å². The molecule has 0 aliphatic rings. The number of likely N-dealkylation sites (N-methyl/N-ethyl adjacent to an activating group) is 1. The summed E-state index contributed by atoms with van der Waals surface area (Å²) in [7, 11) is 3.94. The predicted molar refractivity (Wildman–Crippen MR) is 85.3 cm³/mol. The lowest BCUT2D eigenvalue weighted by molar-refractivity contribution is 0.357. The van der Waals surface area contributed by atoms with Crippen LogP contribution in [-0.4, -0.2) is 51.1 Å². The second-order valence-electron chi connectivity index (χ2n) is 4.69. The number of aliphatic imine (C=N–C) groups is 1. The van der Waals surface area contributed by atoms with Crippen LogP contribution in [0.15, 0.2) is 22.5 Å². The Hall–Kier alpha value is -1.07. The number of guanidine groups is 1. The van der Waals surface area contributed by atoms with Crippen LogP contribution in [-0.2, 0) is 0 Å². The van der Waals surface area contributed by atoms with Crippen LogP contribution in [0.3, 0.4) is 0 Å². The van der Waals surface area contributed by atoms with Crippen LogP contribution in [0.5, 0.6) is 0 Å². The molecule has 19 heavy (non-hydrogen) atoms. The van der Waals surface area contributed by atoms with E-state index >= 15 is 0 Å². The van der Waals surface area contributed by atoms with E-state index in [4.69, 9.17) is 0 Å². The molecule has 1 heterocycles. The van der Waals surface area contributed by atoms with Crippen LogP contribution in [0.25, 0.3) is 0 Å². The lowest BCUT2D eigenvalue weighted by atomic mass is 10.1. The summed E-state index contributed by atoms with van der Waals surface area (Å²) >= 11 is 1.81. The Bertz CT molecular complexity index is 362. The fourth-order valence-electron chi connectivity index (χ4n) is 1.67. The van der Waals surface area contributed by atoms with E-state index in [0.29, 0.717) is 5.92 Å². The monoisotopic (exact) mass is 282 g/mol. The topological polar surface area (TPSA) is 39.7 Å². The molecule has 0 saturated carbocycles. The van der Waals surface area contributed by atoms with Crippen LogP contribution in [0.2, 0.25) is 0 Å². The molecule has 1 atom stereocenters. The van der Waals surface area contributed by atoms with Crippen LogP contribution in [0, 0.1) is 0 Å². The first-order valence-electron chi connectivity index (χ1n) is 6.83. The van der Waals surface area contributed by atoms with Gasteiger partial charge in [-0.25, -0.2) is 0 Å². The van der Waals surface area contributed by atoms with Crippen molar-refractivity contribution in [1.82, 2.24) is 15.5 Å². The van der Waals surface area contributed by atoms with Gasteiger partial charge in [-0.3, -0.25) is 4.99 Å². The van der Waals surface area contributed by atoms with Crippen LogP contribution in [0.4, 0.5) is 0 Å². The molecule has 108 valence electrons. The van der Waals surface area contributed by atoms with Crippen molar-refractivity contribution in [3.8, 4) is 0 Å². The Morgan fingerprint density at radius 1 is 1.47 bits per heavy atom. The molecular formula is C14H26N4S. The van der Waals surface area contributed by atoms with Gasteiger partial charge in [0.2, 0.25) is 0 Å². The van der Waals surface area contributed by atoms with Gasteiger partial charge in [-0.2, -0.15) is 0 Å². The summed E-state index contributed by atoms with van der Waals surface area (Å²) < 4.78 is 0. The van der Waals surface area contributed by atoms with Crippen LogP contribution < -0.4 is 10.6 Å². The minimum Gasteiger partial charge on any atom is -0.356 e. The van der Waals surface area contributed by atoms with Gasteiger partial charge in [0.15, 0.2) is 5.96 Å². The molecule has 0 fully saturated rings. The summed E-state index contributed by atoms with van der Waals surface area (Å²) in [4.78, 5) is 7.93. The third-order valence-corrected chi connectivity index (χ3v) is 4.26. The molecule has 0 aliphatic carbocycles. The average Bonchev–Trinajstić information content (AvgIpc) is 2.96. The molecule has 5 heteroatoms. The molecule has 2 N–H and O–H groups in total. The fourth-order valence-corrected chi connectivity index (χ4v) is 2.45. The van der Waals surface area contributed by atoms with Gasteiger partial charge in [0.1, 0.15) is 0 Å². The summed E-state index contributed by atoms with van der Waals surface area (Å²) in [5, 5.41) is 8.84.